The van der Waals surface area contributed by atoms with E-state index < -0.39 is 0 Å². The minimum Gasteiger partial charge on any atom is -0.371 e. The third kappa shape index (κ3) is 5.12. The molecule has 0 saturated carbocycles. The van der Waals surface area contributed by atoms with Crippen LogP contribution in [-0.4, -0.2) is 43.7 Å². The van der Waals surface area contributed by atoms with E-state index in [4.69, 9.17) is 10.5 Å². The lowest BCUT2D eigenvalue weighted by Crippen LogP contribution is -2.33. The number of likely N-dealkylation sites (tertiary alicyclic amines) is 1. The molecule has 1 fully saturated rings. The van der Waals surface area contributed by atoms with Crippen LogP contribution in [0.25, 0.3) is 0 Å². The maximum atomic E-state index is 11.9. The first-order valence-corrected chi connectivity index (χ1v) is 6.89. The van der Waals surface area contributed by atoms with Crippen LogP contribution in [0.1, 0.15) is 12.0 Å². The minimum absolute atomic E-state index is 0. The summed E-state index contributed by atoms with van der Waals surface area (Å²) in [5.41, 5.74) is 6.85. The van der Waals surface area contributed by atoms with E-state index in [9.17, 15) is 4.79 Å². The third-order valence-corrected chi connectivity index (χ3v) is 3.58. The van der Waals surface area contributed by atoms with Crippen LogP contribution < -0.4 is 5.73 Å². The van der Waals surface area contributed by atoms with Gasteiger partial charge in [-0.25, -0.2) is 0 Å². The molecule has 2 N–H and O–H groups in total. The van der Waals surface area contributed by atoms with Crippen molar-refractivity contribution in [3.63, 3.8) is 0 Å². The van der Waals surface area contributed by atoms with Gasteiger partial charge < -0.3 is 15.4 Å². The Hall–Kier alpha value is -1.10. The second kappa shape index (κ2) is 8.95. The highest BCUT2D eigenvalue weighted by atomic mass is 35.5. The fraction of sp³-hybridized carbons (Fsp3) is 0.533. The van der Waals surface area contributed by atoms with Crippen molar-refractivity contribution in [2.45, 2.75) is 12.8 Å². The van der Waals surface area contributed by atoms with Gasteiger partial charge in [-0.15, -0.1) is 12.4 Å². The van der Waals surface area contributed by atoms with E-state index in [1.165, 1.54) is 5.56 Å². The number of benzene rings is 1. The molecule has 1 aliphatic heterocycles. The number of nitrogens with zero attached hydrogens (tertiary/aromatic N) is 1. The van der Waals surface area contributed by atoms with Crippen molar-refractivity contribution in [3.05, 3.63) is 35.9 Å². The Bertz CT molecular complexity index is 400. The molecule has 112 valence electrons. The number of rotatable bonds is 6. The lowest BCUT2D eigenvalue weighted by Gasteiger charge is -2.16. The number of ether oxygens (including phenoxy) is 1. The van der Waals surface area contributed by atoms with Gasteiger partial charge in [0.05, 0.1) is 6.61 Å². The molecule has 0 aromatic heterocycles. The second-order valence-electron chi connectivity index (χ2n) is 5.02. The maximum absolute atomic E-state index is 11.9. The first-order valence-electron chi connectivity index (χ1n) is 6.89. The van der Waals surface area contributed by atoms with E-state index in [0.29, 0.717) is 19.1 Å². The molecule has 1 unspecified atom stereocenters. The SMILES string of the molecule is Cl.NCC1CCN(C(=O)COCCc2ccccc2)C1. The summed E-state index contributed by atoms with van der Waals surface area (Å²) in [5, 5.41) is 0. The molecule has 20 heavy (non-hydrogen) atoms. The van der Waals surface area contributed by atoms with Crippen molar-refractivity contribution < 1.29 is 9.53 Å². The van der Waals surface area contributed by atoms with Gasteiger partial charge in [-0.05, 0) is 30.9 Å². The van der Waals surface area contributed by atoms with E-state index in [-0.39, 0.29) is 24.9 Å². The number of amides is 1. The molecule has 4 nitrogen and oxygen atoms in total. The summed E-state index contributed by atoms with van der Waals surface area (Å²) in [4.78, 5) is 13.7. The lowest BCUT2D eigenvalue weighted by molar-refractivity contribution is -0.135. The molecule has 1 amide bonds. The lowest BCUT2D eigenvalue weighted by atomic mass is 10.1. The van der Waals surface area contributed by atoms with E-state index in [2.05, 4.69) is 12.1 Å². The molecule has 1 atom stereocenters. The topological polar surface area (TPSA) is 55.6 Å². The molecule has 1 aromatic carbocycles. The highest BCUT2D eigenvalue weighted by Crippen LogP contribution is 2.14. The Morgan fingerprint density at radius 2 is 2.10 bits per heavy atom. The molecule has 0 spiro atoms. The van der Waals surface area contributed by atoms with Crippen LogP contribution >= 0.6 is 12.4 Å². The molecule has 0 bridgehead atoms. The summed E-state index contributed by atoms with van der Waals surface area (Å²) in [6.07, 6.45) is 1.87. The number of carbonyl (C=O) groups excluding carboxylic acids is 1. The van der Waals surface area contributed by atoms with Crippen LogP contribution in [0.4, 0.5) is 0 Å². The van der Waals surface area contributed by atoms with Gasteiger partial charge in [0, 0.05) is 13.1 Å². The molecular formula is C15H23ClN2O2. The van der Waals surface area contributed by atoms with Crippen LogP contribution in [-0.2, 0) is 16.0 Å². The van der Waals surface area contributed by atoms with E-state index in [1.54, 1.807) is 0 Å². The fourth-order valence-electron chi connectivity index (χ4n) is 2.34. The average Bonchev–Trinajstić information content (AvgIpc) is 2.93. The molecule has 1 heterocycles. The molecule has 1 aliphatic rings. The molecule has 2 rings (SSSR count). The Morgan fingerprint density at radius 3 is 2.75 bits per heavy atom. The number of carbonyl (C=O) groups is 1. The van der Waals surface area contributed by atoms with Crippen molar-refractivity contribution in [1.29, 1.82) is 0 Å². The largest absolute Gasteiger partial charge is 0.371 e. The zero-order chi connectivity index (χ0) is 13.5. The van der Waals surface area contributed by atoms with Crippen LogP contribution in [0, 0.1) is 5.92 Å². The quantitative estimate of drug-likeness (QED) is 0.809. The number of hydrogen-bond donors (Lipinski definition) is 1. The Labute approximate surface area is 126 Å². The summed E-state index contributed by atoms with van der Waals surface area (Å²) in [6.45, 7) is 3.05. The predicted molar refractivity (Wildman–Crippen MR) is 82.0 cm³/mol. The standard InChI is InChI=1S/C15H22N2O2.ClH/c16-10-14-6-8-17(11-14)15(18)12-19-9-7-13-4-2-1-3-5-13;/h1-5,14H,6-12,16H2;1H. The first-order chi connectivity index (χ1) is 9.29. The summed E-state index contributed by atoms with van der Waals surface area (Å²) in [7, 11) is 0. The molecule has 5 heteroatoms. The monoisotopic (exact) mass is 298 g/mol. The van der Waals surface area contributed by atoms with E-state index >= 15 is 0 Å². The van der Waals surface area contributed by atoms with Crippen molar-refractivity contribution in [1.82, 2.24) is 4.90 Å². The van der Waals surface area contributed by atoms with Gasteiger partial charge in [-0.2, -0.15) is 0 Å². The highest BCUT2D eigenvalue weighted by molar-refractivity contribution is 5.85. The Kier molecular flexibility index (Phi) is 7.59. The van der Waals surface area contributed by atoms with Crippen LogP contribution in [0.2, 0.25) is 0 Å². The Balaban J connectivity index is 0.00000200. The minimum atomic E-state index is 0. The number of halogens is 1. The smallest absolute Gasteiger partial charge is 0.248 e. The predicted octanol–water partition coefficient (Wildman–Crippen LogP) is 1.47. The normalized spacial score (nSPS) is 17.9. The van der Waals surface area contributed by atoms with Crippen LogP contribution in [0.3, 0.4) is 0 Å². The van der Waals surface area contributed by atoms with E-state index in [0.717, 1.165) is 25.9 Å². The maximum Gasteiger partial charge on any atom is 0.248 e. The summed E-state index contributed by atoms with van der Waals surface area (Å²) < 4.78 is 5.46. The third-order valence-electron chi connectivity index (χ3n) is 3.58. The summed E-state index contributed by atoms with van der Waals surface area (Å²) >= 11 is 0. The highest BCUT2D eigenvalue weighted by Gasteiger charge is 2.24. The van der Waals surface area contributed by atoms with Gasteiger partial charge >= 0.3 is 0 Å². The van der Waals surface area contributed by atoms with E-state index in [1.807, 2.05) is 23.1 Å². The zero-order valence-electron chi connectivity index (χ0n) is 11.7. The van der Waals surface area contributed by atoms with Gasteiger partial charge in [0.25, 0.3) is 0 Å². The van der Waals surface area contributed by atoms with Crippen molar-refractivity contribution in [3.8, 4) is 0 Å². The van der Waals surface area contributed by atoms with Crippen molar-refractivity contribution in [2.24, 2.45) is 11.7 Å². The van der Waals surface area contributed by atoms with Crippen LogP contribution in [0.5, 0.6) is 0 Å². The molecule has 0 aliphatic carbocycles. The van der Waals surface area contributed by atoms with Crippen molar-refractivity contribution in [2.75, 3.05) is 32.8 Å². The van der Waals surface area contributed by atoms with Gasteiger partial charge in [0.1, 0.15) is 6.61 Å². The van der Waals surface area contributed by atoms with Gasteiger partial charge in [0.2, 0.25) is 5.91 Å². The number of hydrogen-bond acceptors (Lipinski definition) is 3. The van der Waals surface area contributed by atoms with Gasteiger partial charge in [-0.3, -0.25) is 4.79 Å². The number of nitrogens with two attached hydrogens (primary N) is 1. The van der Waals surface area contributed by atoms with Crippen LogP contribution in [0.15, 0.2) is 30.3 Å². The van der Waals surface area contributed by atoms with Crippen molar-refractivity contribution >= 4 is 18.3 Å². The van der Waals surface area contributed by atoms with Gasteiger partial charge in [0.15, 0.2) is 0 Å². The second-order valence-corrected chi connectivity index (χ2v) is 5.02. The Morgan fingerprint density at radius 1 is 1.35 bits per heavy atom. The fourth-order valence-corrected chi connectivity index (χ4v) is 2.34. The molecule has 1 saturated heterocycles. The molecular weight excluding hydrogens is 276 g/mol. The zero-order valence-corrected chi connectivity index (χ0v) is 12.5. The summed E-state index contributed by atoms with van der Waals surface area (Å²) in [5.74, 6) is 0.553. The molecule has 1 aromatic rings. The van der Waals surface area contributed by atoms with Gasteiger partial charge in [-0.1, -0.05) is 30.3 Å². The average molecular weight is 299 g/mol. The first kappa shape index (κ1) is 17.0. The molecule has 0 radical (unpaired) electrons. The summed E-state index contributed by atoms with van der Waals surface area (Å²) in [6, 6.07) is 10.2.